The monoisotopic (exact) mass is 265 g/mol. The highest BCUT2D eigenvalue weighted by Gasteiger charge is 2.12. The molecule has 0 fully saturated rings. The van der Waals surface area contributed by atoms with Crippen molar-refractivity contribution in [1.29, 1.82) is 0 Å². The minimum absolute atomic E-state index is 0.156. The van der Waals surface area contributed by atoms with E-state index in [1.54, 1.807) is 6.20 Å². The molecule has 100 valence electrons. The molecule has 0 spiro atoms. The van der Waals surface area contributed by atoms with Crippen LogP contribution in [-0.4, -0.2) is 9.97 Å². The first-order valence-electron chi connectivity index (χ1n) is 6.52. The average molecular weight is 265 g/mol. The second kappa shape index (κ2) is 4.89. The smallest absolute Gasteiger partial charge is 0.138 e. The first kappa shape index (κ1) is 12.5. The number of aryl methyl sites for hydroxylation is 2. The average Bonchev–Trinajstić information content (AvgIpc) is 2.83. The molecule has 0 radical (unpaired) electrons. The zero-order valence-electron chi connectivity index (χ0n) is 11.5. The summed E-state index contributed by atoms with van der Waals surface area (Å²) in [5.41, 5.74) is 6.38. The molecule has 2 aromatic heterocycles. The van der Waals surface area contributed by atoms with Gasteiger partial charge in [-0.2, -0.15) is 4.91 Å². The van der Waals surface area contributed by atoms with E-state index in [1.807, 2.05) is 12.3 Å². The molecule has 20 heavy (non-hydrogen) atoms. The van der Waals surface area contributed by atoms with Crippen molar-refractivity contribution in [1.82, 2.24) is 9.97 Å². The van der Waals surface area contributed by atoms with Gasteiger partial charge in [-0.3, -0.25) is 0 Å². The normalized spacial score (nSPS) is 10.9. The maximum Gasteiger partial charge on any atom is 0.138 e. The third-order valence-corrected chi connectivity index (χ3v) is 3.56. The van der Waals surface area contributed by atoms with Gasteiger partial charge in [0.05, 0.1) is 0 Å². The lowest BCUT2D eigenvalue weighted by molar-refractivity contribution is 1.07. The molecule has 0 amide bonds. The van der Waals surface area contributed by atoms with Crippen LogP contribution in [0.1, 0.15) is 16.7 Å². The quantitative estimate of drug-likeness (QED) is 0.724. The molecule has 4 nitrogen and oxygen atoms in total. The van der Waals surface area contributed by atoms with Crippen molar-refractivity contribution in [3.63, 3.8) is 0 Å². The van der Waals surface area contributed by atoms with Crippen molar-refractivity contribution in [2.24, 2.45) is 5.18 Å². The highest BCUT2D eigenvalue weighted by atomic mass is 16.3. The van der Waals surface area contributed by atoms with Crippen molar-refractivity contribution in [3.05, 3.63) is 58.3 Å². The van der Waals surface area contributed by atoms with E-state index in [0.717, 1.165) is 27.7 Å². The second-order valence-electron chi connectivity index (χ2n) is 5.00. The lowest BCUT2D eigenvalue weighted by atomic mass is 9.96. The summed E-state index contributed by atoms with van der Waals surface area (Å²) in [6, 6.07) is 8.36. The fraction of sp³-hybridized carbons (Fsp3) is 0.188. The third kappa shape index (κ3) is 1.99. The molecule has 3 rings (SSSR count). The molecular weight excluding hydrogens is 250 g/mol. The summed E-state index contributed by atoms with van der Waals surface area (Å²) in [6.45, 7) is 4.33. The third-order valence-electron chi connectivity index (χ3n) is 3.56. The van der Waals surface area contributed by atoms with E-state index in [-0.39, 0.29) is 6.54 Å². The molecule has 0 unspecified atom stereocenters. The molecule has 2 heterocycles. The summed E-state index contributed by atoms with van der Waals surface area (Å²) in [4.78, 5) is 18.0. The van der Waals surface area contributed by atoms with Crippen LogP contribution in [0.3, 0.4) is 0 Å². The van der Waals surface area contributed by atoms with Crippen LogP contribution in [0.2, 0.25) is 0 Å². The molecule has 1 N–H and O–H groups in total. The lowest BCUT2D eigenvalue weighted by Crippen LogP contribution is -1.89. The maximum absolute atomic E-state index is 10.6. The van der Waals surface area contributed by atoms with Gasteiger partial charge in [0, 0.05) is 23.3 Å². The molecule has 0 aliphatic carbocycles. The Morgan fingerprint density at radius 2 is 2.05 bits per heavy atom. The van der Waals surface area contributed by atoms with Crippen LogP contribution in [0.5, 0.6) is 0 Å². The Labute approximate surface area is 116 Å². The topological polar surface area (TPSA) is 58.1 Å². The Morgan fingerprint density at radius 3 is 2.80 bits per heavy atom. The molecule has 4 heteroatoms. The van der Waals surface area contributed by atoms with Gasteiger partial charge in [0.1, 0.15) is 12.2 Å². The van der Waals surface area contributed by atoms with Crippen LogP contribution in [0.25, 0.3) is 22.2 Å². The van der Waals surface area contributed by atoms with E-state index in [4.69, 9.17) is 0 Å². The van der Waals surface area contributed by atoms with Gasteiger partial charge in [0.2, 0.25) is 0 Å². The Hall–Kier alpha value is -2.49. The van der Waals surface area contributed by atoms with Gasteiger partial charge in [0.25, 0.3) is 0 Å². The first-order chi connectivity index (χ1) is 9.70. The minimum atomic E-state index is 0.156. The van der Waals surface area contributed by atoms with Crippen LogP contribution in [0.4, 0.5) is 0 Å². The highest BCUT2D eigenvalue weighted by molar-refractivity contribution is 5.96. The van der Waals surface area contributed by atoms with E-state index < -0.39 is 0 Å². The standard InChI is InChI=1S/C16H15N3O/c1-10-3-4-13(11(2)7-10)14-5-6-17-16-15(14)12(8-18-16)9-19-20/h3-8H,9H2,1-2H3,(H,17,18). The number of nitrogens with zero attached hydrogens (tertiary/aromatic N) is 2. The van der Waals surface area contributed by atoms with Crippen LogP contribution in [0, 0.1) is 18.8 Å². The molecule has 0 atom stereocenters. The summed E-state index contributed by atoms with van der Waals surface area (Å²) >= 11 is 0. The zero-order chi connectivity index (χ0) is 14.1. The van der Waals surface area contributed by atoms with Crippen molar-refractivity contribution < 1.29 is 0 Å². The van der Waals surface area contributed by atoms with Crippen LogP contribution in [-0.2, 0) is 6.54 Å². The maximum atomic E-state index is 10.6. The van der Waals surface area contributed by atoms with Crippen molar-refractivity contribution >= 4 is 11.0 Å². The zero-order valence-corrected chi connectivity index (χ0v) is 11.5. The summed E-state index contributed by atoms with van der Waals surface area (Å²) in [6.07, 6.45) is 3.59. The Kier molecular flexibility index (Phi) is 3.06. The van der Waals surface area contributed by atoms with Crippen molar-refractivity contribution in [2.75, 3.05) is 0 Å². The van der Waals surface area contributed by atoms with E-state index in [2.05, 4.69) is 47.2 Å². The van der Waals surface area contributed by atoms with E-state index in [9.17, 15) is 4.91 Å². The number of fused-ring (bicyclic) bond motifs is 1. The molecule has 0 aliphatic heterocycles. The number of aromatic amines is 1. The molecule has 0 bridgehead atoms. The fourth-order valence-corrected chi connectivity index (χ4v) is 2.66. The Bertz CT molecular complexity index is 790. The van der Waals surface area contributed by atoms with E-state index in [1.165, 1.54) is 11.1 Å². The molecule has 0 saturated carbocycles. The van der Waals surface area contributed by atoms with Gasteiger partial charge < -0.3 is 4.98 Å². The number of hydrogen-bond acceptors (Lipinski definition) is 3. The lowest BCUT2D eigenvalue weighted by Gasteiger charge is -2.09. The number of H-pyrrole nitrogens is 1. The number of pyridine rings is 1. The first-order valence-corrected chi connectivity index (χ1v) is 6.52. The Balaban J connectivity index is 2.29. The SMILES string of the molecule is Cc1ccc(-c2ccnc3[nH]cc(CN=O)c23)c(C)c1. The van der Waals surface area contributed by atoms with E-state index >= 15 is 0 Å². The van der Waals surface area contributed by atoms with Crippen molar-refractivity contribution in [3.8, 4) is 11.1 Å². The molecular formula is C16H15N3O. The van der Waals surface area contributed by atoms with Gasteiger partial charge in [-0.05, 0) is 36.6 Å². The van der Waals surface area contributed by atoms with E-state index in [0.29, 0.717) is 0 Å². The molecule has 0 aliphatic rings. The molecule has 3 aromatic rings. The highest BCUT2D eigenvalue weighted by Crippen LogP contribution is 2.32. The van der Waals surface area contributed by atoms with Crippen LogP contribution in [0.15, 0.2) is 41.8 Å². The summed E-state index contributed by atoms with van der Waals surface area (Å²) in [5, 5.41) is 3.99. The molecule has 1 aromatic carbocycles. The molecule has 0 saturated heterocycles. The predicted molar refractivity (Wildman–Crippen MR) is 80.5 cm³/mol. The number of nitroso groups, excluding NO2 is 1. The predicted octanol–water partition coefficient (Wildman–Crippen LogP) is 4.11. The van der Waals surface area contributed by atoms with Gasteiger partial charge in [-0.15, -0.1) is 0 Å². The van der Waals surface area contributed by atoms with Gasteiger partial charge in [-0.1, -0.05) is 28.9 Å². The number of rotatable bonds is 3. The van der Waals surface area contributed by atoms with Gasteiger partial charge in [-0.25, -0.2) is 4.98 Å². The van der Waals surface area contributed by atoms with Gasteiger partial charge in [0.15, 0.2) is 0 Å². The number of nitrogens with one attached hydrogen (secondary N) is 1. The minimum Gasteiger partial charge on any atom is -0.346 e. The summed E-state index contributed by atoms with van der Waals surface area (Å²) < 4.78 is 0. The second-order valence-corrected chi connectivity index (χ2v) is 5.00. The largest absolute Gasteiger partial charge is 0.346 e. The number of benzene rings is 1. The van der Waals surface area contributed by atoms with Crippen LogP contribution < -0.4 is 0 Å². The number of aromatic nitrogens is 2. The van der Waals surface area contributed by atoms with Crippen LogP contribution >= 0.6 is 0 Å². The van der Waals surface area contributed by atoms with Gasteiger partial charge >= 0.3 is 0 Å². The Morgan fingerprint density at radius 1 is 1.20 bits per heavy atom. The van der Waals surface area contributed by atoms with Crippen molar-refractivity contribution in [2.45, 2.75) is 20.4 Å². The summed E-state index contributed by atoms with van der Waals surface area (Å²) in [5.74, 6) is 0. The fourth-order valence-electron chi connectivity index (χ4n) is 2.66. The number of hydrogen-bond donors (Lipinski definition) is 1. The summed E-state index contributed by atoms with van der Waals surface area (Å²) in [7, 11) is 0.